The van der Waals surface area contributed by atoms with Crippen molar-refractivity contribution in [3.8, 4) is 6.01 Å². The molecule has 1 heterocycles. The lowest BCUT2D eigenvalue weighted by atomic mass is 10.9. The molecule has 0 aliphatic rings. The zero-order valence-corrected chi connectivity index (χ0v) is 9.37. The van der Waals surface area contributed by atoms with Crippen molar-refractivity contribution in [1.29, 1.82) is 0 Å². The molecule has 1 rings (SSSR count). The van der Waals surface area contributed by atoms with Crippen LogP contribution in [0.5, 0.6) is 6.01 Å². The molecule has 0 radical (unpaired) electrons. The molecule has 0 spiro atoms. The first kappa shape index (κ1) is 12.5. The predicted molar refractivity (Wildman–Crippen MR) is 55.3 cm³/mol. The summed E-state index contributed by atoms with van der Waals surface area (Å²) in [5.74, 6) is 0. The van der Waals surface area contributed by atoms with Crippen LogP contribution in [0.2, 0.25) is 0 Å². The summed E-state index contributed by atoms with van der Waals surface area (Å²) in [4.78, 5) is 11.2. The SMILES string of the molecule is CC.CCOc1nn(C)c(=O)n1NC. The van der Waals surface area contributed by atoms with E-state index in [2.05, 4.69) is 10.5 Å². The fourth-order valence-electron chi connectivity index (χ4n) is 0.856. The summed E-state index contributed by atoms with van der Waals surface area (Å²) in [5, 5.41) is 3.85. The van der Waals surface area contributed by atoms with Crippen molar-refractivity contribution in [2.24, 2.45) is 7.05 Å². The van der Waals surface area contributed by atoms with Gasteiger partial charge in [0, 0.05) is 14.1 Å². The van der Waals surface area contributed by atoms with E-state index in [4.69, 9.17) is 4.74 Å². The van der Waals surface area contributed by atoms with E-state index in [1.165, 1.54) is 9.36 Å². The summed E-state index contributed by atoms with van der Waals surface area (Å²) in [6, 6.07) is 0.285. The molecule has 0 atom stereocenters. The maximum Gasteiger partial charge on any atom is 0.367 e. The molecule has 6 heteroatoms. The summed E-state index contributed by atoms with van der Waals surface area (Å²) in [7, 11) is 3.20. The number of aryl methyl sites for hydroxylation is 1. The minimum Gasteiger partial charge on any atom is -0.463 e. The van der Waals surface area contributed by atoms with Crippen LogP contribution in [0, 0.1) is 0 Å². The average Bonchev–Trinajstić information content (AvgIpc) is 2.46. The molecule has 0 amide bonds. The van der Waals surface area contributed by atoms with Gasteiger partial charge in [-0.2, -0.15) is 4.68 Å². The van der Waals surface area contributed by atoms with Crippen LogP contribution in [0.25, 0.3) is 0 Å². The van der Waals surface area contributed by atoms with Crippen LogP contribution in [-0.2, 0) is 7.05 Å². The number of ether oxygens (including phenoxy) is 1. The van der Waals surface area contributed by atoms with E-state index >= 15 is 0 Å². The van der Waals surface area contributed by atoms with Gasteiger partial charge in [-0.25, -0.2) is 9.48 Å². The third kappa shape index (κ3) is 2.51. The number of aromatic nitrogens is 3. The maximum atomic E-state index is 11.2. The van der Waals surface area contributed by atoms with Crippen molar-refractivity contribution in [1.82, 2.24) is 14.5 Å². The van der Waals surface area contributed by atoms with Crippen LogP contribution < -0.4 is 15.9 Å². The number of rotatable bonds is 3. The fraction of sp³-hybridized carbons (Fsp3) is 0.750. The van der Waals surface area contributed by atoms with Crippen LogP contribution in [0.4, 0.5) is 0 Å². The summed E-state index contributed by atoms with van der Waals surface area (Å²) < 4.78 is 7.55. The van der Waals surface area contributed by atoms with Crippen molar-refractivity contribution >= 4 is 0 Å². The second-order valence-electron chi connectivity index (χ2n) is 2.18. The molecular weight excluding hydrogens is 184 g/mol. The van der Waals surface area contributed by atoms with Gasteiger partial charge in [-0.3, -0.25) is 0 Å². The number of hydrogen-bond donors (Lipinski definition) is 1. The molecular formula is C8H18N4O2. The molecule has 0 saturated heterocycles. The molecule has 0 aliphatic carbocycles. The molecule has 1 aromatic heterocycles. The zero-order valence-electron chi connectivity index (χ0n) is 9.37. The fourth-order valence-corrected chi connectivity index (χ4v) is 0.856. The summed E-state index contributed by atoms with van der Waals surface area (Å²) in [6.07, 6.45) is 0. The highest BCUT2D eigenvalue weighted by Gasteiger charge is 2.09. The largest absolute Gasteiger partial charge is 0.463 e. The first-order valence-corrected chi connectivity index (χ1v) is 4.67. The van der Waals surface area contributed by atoms with Gasteiger partial charge in [0.2, 0.25) is 0 Å². The Labute approximate surface area is 83.5 Å². The lowest BCUT2D eigenvalue weighted by Crippen LogP contribution is -2.28. The summed E-state index contributed by atoms with van der Waals surface area (Å²) in [6.45, 7) is 6.32. The smallest absolute Gasteiger partial charge is 0.367 e. The van der Waals surface area contributed by atoms with Crippen LogP contribution in [0.1, 0.15) is 20.8 Å². The maximum absolute atomic E-state index is 11.2. The highest BCUT2D eigenvalue weighted by atomic mass is 16.5. The van der Waals surface area contributed by atoms with Crippen LogP contribution in [0.3, 0.4) is 0 Å². The van der Waals surface area contributed by atoms with E-state index in [1.54, 1.807) is 14.1 Å². The quantitative estimate of drug-likeness (QED) is 0.759. The van der Waals surface area contributed by atoms with Crippen molar-refractivity contribution in [3.05, 3.63) is 10.5 Å². The highest BCUT2D eigenvalue weighted by molar-refractivity contribution is 4.95. The van der Waals surface area contributed by atoms with Crippen molar-refractivity contribution < 1.29 is 4.74 Å². The molecule has 0 saturated carbocycles. The number of nitrogens with one attached hydrogen (secondary N) is 1. The first-order chi connectivity index (χ1) is 6.70. The molecule has 0 aromatic carbocycles. The molecule has 82 valence electrons. The van der Waals surface area contributed by atoms with Crippen molar-refractivity contribution in [2.75, 3.05) is 19.1 Å². The van der Waals surface area contributed by atoms with E-state index in [1.807, 2.05) is 20.8 Å². The zero-order chi connectivity index (χ0) is 11.1. The Hall–Kier alpha value is -1.46. The highest BCUT2D eigenvalue weighted by Crippen LogP contribution is 1.98. The van der Waals surface area contributed by atoms with E-state index in [9.17, 15) is 4.79 Å². The summed E-state index contributed by atoms with van der Waals surface area (Å²) >= 11 is 0. The Morgan fingerprint density at radius 3 is 2.50 bits per heavy atom. The van der Waals surface area contributed by atoms with E-state index < -0.39 is 0 Å². The Morgan fingerprint density at radius 1 is 1.50 bits per heavy atom. The third-order valence-corrected chi connectivity index (χ3v) is 1.39. The second kappa shape index (κ2) is 6.06. The molecule has 0 bridgehead atoms. The van der Waals surface area contributed by atoms with E-state index in [0.717, 1.165) is 0 Å². The van der Waals surface area contributed by atoms with Gasteiger partial charge in [0.15, 0.2) is 0 Å². The predicted octanol–water partition coefficient (Wildman–Crippen LogP) is 0.180. The standard InChI is InChI=1S/C6H12N4O2.C2H6/c1-4-12-5-8-9(3)6(11)10(5)7-2;1-2/h7H,4H2,1-3H3;1-2H3. The van der Waals surface area contributed by atoms with Crippen molar-refractivity contribution in [3.63, 3.8) is 0 Å². The van der Waals surface area contributed by atoms with Crippen LogP contribution >= 0.6 is 0 Å². The Kier molecular flexibility index (Phi) is 5.43. The third-order valence-electron chi connectivity index (χ3n) is 1.39. The Bertz CT molecular complexity index is 316. The van der Waals surface area contributed by atoms with Gasteiger partial charge in [0.05, 0.1) is 6.61 Å². The molecule has 0 fully saturated rings. The monoisotopic (exact) mass is 202 g/mol. The molecule has 6 nitrogen and oxygen atoms in total. The lowest BCUT2D eigenvalue weighted by molar-refractivity contribution is 0.300. The minimum absolute atomic E-state index is 0.249. The minimum atomic E-state index is -0.249. The molecule has 1 N–H and O–H groups in total. The van der Waals surface area contributed by atoms with E-state index in [0.29, 0.717) is 6.61 Å². The Balaban J connectivity index is 0.000000791. The second-order valence-corrected chi connectivity index (χ2v) is 2.18. The first-order valence-electron chi connectivity index (χ1n) is 4.67. The van der Waals surface area contributed by atoms with Crippen molar-refractivity contribution in [2.45, 2.75) is 20.8 Å². The number of hydrogen-bond acceptors (Lipinski definition) is 4. The van der Waals surface area contributed by atoms with Gasteiger partial charge in [0.1, 0.15) is 0 Å². The van der Waals surface area contributed by atoms with Gasteiger partial charge in [-0.15, -0.1) is 5.10 Å². The van der Waals surface area contributed by atoms with Crippen LogP contribution in [0.15, 0.2) is 4.79 Å². The number of nitrogens with zero attached hydrogens (tertiary/aromatic N) is 3. The lowest BCUT2D eigenvalue weighted by Gasteiger charge is -2.02. The van der Waals surface area contributed by atoms with Gasteiger partial charge in [-0.05, 0) is 6.92 Å². The van der Waals surface area contributed by atoms with Gasteiger partial charge in [0.25, 0.3) is 0 Å². The molecule has 0 aliphatic heterocycles. The topological polar surface area (TPSA) is 61.1 Å². The normalized spacial score (nSPS) is 8.93. The average molecular weight is 202 g/mol. The van der Waals surface area contributed by atoms with Gasteiger partial charge < -0.3 is 10.2 Å². The van der Waals surface area contributed by atoms with Gasteiger partial charge in [-0.1, -0.05) is 13.8 Å². The van der Waals surface area contributed by atoms with Crippen LogP contribution in [-0.4, -0.2) is 28.1 Å². The summed E-state index contributed by atoms with van der Waals surface area (Å²) in [5.41, 5.74) is 2.42. The van der Waals surface area contributed by atoms with E-state index in [-0.39, 0.29) is 11.7 Å². The van der Waals surface area contributed by atoms with Gasteiger partial charge >= 0.3 is 11.7 Å². The molecule has 1 aromatic rings. The molecule has 14 heavy (non-hydrogen) atoms. The Morgan fingerprint density at radius 2 is 2.07 bits per heavy atom. The molecule has 0 unspecified atom stereocenters.